The highest BCUT2D eigenvalue weighted by Crippen LogP contribution is 2.24. The van der Waals surface area contributed by atoms with Crippen molar-refractivity contribution in [2.24, 2.45) is 0 Å². The van der Waals surface area contributed by atoms with Gasteiger partial charge >= 0.3 is 0 Å². The number of hydrogen-bond acceptors (Lipinski definition) is 5. The molecular formula is C23H21N5. The largest absolute Gasteiger partial charge is 0.366 e. The van der Waals surface area contributed by atoms with Gasteiger partial charge < -0.3 is 10.6 Å². The predicted molar refractivity (Wildman–Crippen MR) is 113 cm³/mol. The zero-order chi connectivity index (χ0) is 19.2. The maximum Gasteiger partial charge on any atom is 0.229 e. The van der Waals surface area contributed by atoms with Gasteiger partial charge in [0.1, 0.15) is 5.82 Å². The summed E-state index contributed by atoms with van der Waals surface area (Å²) in [5.41, 5.74) is 5.13. The number of nitrogens with zero attached hydrogens (tertiary/aromatic N) is 3. The van der Waals surface area contributed by atoms with Gasteiger partial charge in [0.05, 0.1) is 5.69 Å². The molecule has 0 bridgehead atoms. The zero-order valence-corrected chi connectivity index (χ0v) is 15.6. The summed E-state index contributed by atoms with van der Waals surface area (Å²) in [5, 5.41) is 6.73. The van der Waals surface area contributed by atoms with Crippen LogP contribution in [-0.2, 0) is 6.54 Å². The van der Waals surface area contributed by atoms with Crippen molar-refractivity contribution < 1.29 is 0 Å². The average molecular weight is 367 g/mol. The van der Waals surface area contributed by atoms with Crippen LogP contribution >= 0.6 is 0 Å². The van der Waals surface area contributed by atoms with Gasteiger partial charge in [0.25, 0.3) is 0 Å². The summed E-state index contributed by atoms with van der Waals surface area (Å²) in [5.74, 6) is 1.32. The second-order valence-corrected chi connectivity index (χ2v) is 6.48. The van der Waals surface area contributed by atoms with Crippen molar-refractivity contribution in [3.8, 4) is 11.3 Å². The van der Waals surface area contributed by atoms with Gasteiger partial charge in [-0.1, -0.05) is 54.6 Å². The quantitative estimate of drug-likeness (QED) is 0.490. The van der Waals surface area contributed by atoms with Gasteiger partial charge in [0.15, 0.2) is 0 Å². The van der Waals surface area contributed by atoms with Crippen LogP contribution in [0.4, 0.5) is 17.5 Å². The fraction of sp³-hybridized carbons (Fsp3) is 0.0870. The van der Waals surface area contributed by atoms with E-state index in [4.69, 9.17) is 4.98 Å². The van der Waals surface area contributed by atoms with E-state index in [1.807, 2.05) is 72.9 Å². The molecule has 0 aliphatic rings. The molecule has 5 heteroatoms. The maximum atomic E-state index is 4.72. The Balaban J connectivity index is 1.65. The monoisotopic (exact) mass is 367 g/mol. The van der Waals surface area contributed by atoms with Crippen molar-refractivity contribution in [3.63, 3.8) is 0 Å². The van der Waals surface area contributed by atoms with E-state index < -0.39 is 0 Å². The Morgan fingerprint density at radius 2 is 1.68 bits per heavy atom. The number of para-hydroxylation sites is 1. The maximum absolute atomic E-state index is 4.72. The van der Waals surface area contributed by atoms with Gasteiger partial charge in [-0.15, -0.1) is 0 Å². The molecule has 2 heterocycles. The molecule has 2 aromatic heterocycles. The first-order chi connectivity index (χ1) is 13.8. The van der Waals surface area contributed by atoms with Gasteiger partial charge in [0.2, 0.25) is 5.95 Å². The molecular weight excluding hydrogens is 346 g/mol. The molecule has 2 aromatic carbocycles. The first-order valence-corrected chi connectivity index (χ1v) is 9.18. The van der Waals surface area contributed by atoms with Crippen molar-refractivity contribution in [3.05, 3.63) is 96.3 Å². The van der Waals surface area contributed by atoms with Gasteiger partial charge in [-0.25, -0.2) is 4.98 Å². The van der Waals surface area contributed by atoms with Crippen molar-refractivity contribution in [2.75, 3.05) is 10.6 Å². The summed E-state index contributed by atoms with van der Waals surface area (Å²) in [4.78, 5) is 13.5. The SMILES string of the molecule is Cc1ccccc1Nc1nc(NCc2cccnc2)cc(-c2ccccc2)n1. The minimum absolute atomic E-state index is 0.560. The highest BCUT2D eigenvalue weighted by Gasteiger charge is 2.08. The van der Waals surface area contributed by atoms with E-state index >= 15 is 0 Å². The van der Waals surface area contributed by atoms with Crippen molar-refractivity contribution in [1.29, 1.82) is 0 Å². The minimum Gasteiger partial charge on any atom is -0.366 e. The Morgan fingerprint density at radius 1 is 0.857 bits per heavy atom. The average Bonchev–Trinajstić information content (AvgIpc) is 2.75. The lowest BCUT2D eigenvalue weighted by Gasteiger charge is -2.12. The molecule has 0 saturated carbocycles. The predicted octanol–water partition coefficient (Wildman–Crippen LogP) is 5.20. The van der Waals surface area contributed by atoms with Crippen LogP contribution in [0.5, 0.6) is 0 Å². The molecule has 0 saturated heterocycles. The molecule has 0 atom stereocenters. The summed E-state index contributed by atoms with van der Waals surface area (Å²) in [6.45, 7) is 2.70. The Bertz CT molecular complexity index is 1050. The number of rotatable bonds is 6. The van der Waals surface area contributed by atoms with E-state index in [0.29, 0.717) is 12.5 Å². The third-order valence-corrected chi connectivity index (χ3v) is 4.38. The van der Waals surface area contributed by atoms with Crippen LogP contribution in [0.15, 0.2) is 85.2 Å². The van der Waals surface area contributed by atoms with Crippen molar-refractivity contribution >= 4 is 17.5 Å². The Hall–Kier alpha value is -3.73. The van der Waals surface area contributed by atoms with E-state index in [1.165, 1.54) is 0 Å². The zero-order valence-electron chi connectivity index (χ0n) is 15.6. The van der Waals surface area contributed by atoms with Crippen LogP contribution in [0.2, 0.25) is 0 Å². The molecule has 4 aromatic rings. The smallest absolute Gasteiger partial charge is 0.229 e. The number of aromatic nitrogens is 3. The molecule has 138 valence electrons. The van der Waals surface area contributed by atoms with Crippen molar-refractivity contribution in [1.82, 2.24) is 15.0 Å². The summed E-state index contributed by atoms with van der Waals surface area (Å²) in [6.07, 6.45) is 3.62. The number of nitrogens with one attached hydrogen (secondary N) is 2. The van der Waals surface area contributed by atoms with Gasteiger partial charge in [0, 0.05) is 36.3 Å². The second kappa shape index (κ2) is 8.31. The highest BCUT2D eigenvalue weighted by molar-refractivity contribution is 5.67. The second-order valence-electron chi connectivity index (χ2n) is 6.48. The Labute approximate surface area is 164 Å². The fourth-order valence-corrected chi connectivity index (χ4v) is 2.88. The molecule has 5 nitrogen and oxygen atoms in total. The van der Waals surface area contributed by atoms with Crippen LogP contribution in [0.3, 0.4) is 0 Å². The normalized spacial score (nSPS) is 10.5. The summed E-state index contributed by atoms with van der Waals surface area (Å²) < 4.78 is 0. The van der Waals surface area contributed by atoms with Crippen LogP contribution in [0.25, 0.3) is 11.3 Å². The van der Waals surface area contributed by atoms with Crippen molar-refractivity contribution in [2.45, 2.75) is 13.5 Å². The lowest BCUT2D eigenvalue weighted by molar-refractivity contribution is 1.07. The number of aryl methyl sites for hydroxylation is 1. The molecule has 0 spiro atoms. The molecule has 0 radical (unpaired) electrons. The molecule has 0 amide bonds. The molecule has 2 N–H and O–H groups in total. The third kappa shape index (κ3) is 4.32. The summed E-state index contributed by atoms with van der Waals surface area (Å²) >= 11 is 0. The molecule has 28 heavy (non-hydrogen) atoms. The van der Waals surface area contributed by atoms with E-state index in [1.54, 1.807) is 6.20 Å². The lowest BCUT2D eigenvalue weighted by atomic mass is 10.1. The molecule has 0 unspecified atom stereocenters. The van der Waals surface area contributed by atoms with E-state index in [9.17, 15) is 0 Å². The topological polar surface area (TPSA) is 62.7 Å². The lowest BCUT2D eigenvalue weighted by Crippen LogP contribution is -2.06. The summed E-state index contributed by atoms with van der Waals surface area (Å²) in [6, 6.07) is 24.1. The number of hydrogen-bond donors (Lipinski definition) is 2. The molecule has 0 fully saturated rings. The Morgan fingerprint density at radius 3 is 2.46 bits per heavy atom. The van der Waals surface area contributed by atoms with Gasteiger partial charge in [-0.05, 0) is 30.2 Å². The summed E-state index contributed by atoms with van der Waals surface area (Å²) in [7, 11) is 0. The fourth-order valence-electron chi connectivity index (χ4n) is 2.88. The minimum atomic E-state index is 0.560. The highest BCUT2D eigenvalue weighted by atomic mass is 15.1. The molecule has 4 rings (SSSR count). The molecule has 0 aliphatic carbocycles. The van der Waals surface area contributed by atoms with E-state index in [2.05, 4.69) is 33.6 Å². The van der Waals surface area contributed by atoms with E-state index in [0.717, 1.165) is 33.9 Å². The first kappa shape index (κ1) is 17.7. The van der Waals surface area contributed by atoms with Gasteiger partial charge in [-0.3, -0.25) is 4.98 Å². The van der Waals surface area contributed by atoms with E-state index in [-0.39, 0.29) is 0 Å². The van der Waals surface area contributed by atoms with Crippen LogP contribution < -0.4 is 10.6 Å². The number of pyridine rings is 1. The standard InChI is InChI=1S/C23H21N5/c1-17-8-5-6-12-20(17)26-23-27-21(19-10-3-2-4-11-19)14-22(28-23)25-16-18-9-7-13-24-15-18/h2-15H,16H2,1H3,(H2,25,26,27,28). The third-order valence-electron chi connectivity index (χ3n) is 4.38. The Kier molecular flexibility index (Phi) is 5.24. The number of anilines is 3. The van der Waals surface area contributed by atoms with Crippen LogP contribution in [0, 0.1) is 6.92 Å². The van der Waals surface area contributed by atoms with Crippen LogP contribution in [-0.4, -0.2) is 15.0 Å². The molecule has 0 aliphatic heterocycles. The van der Waals surface area contributed by atoms with Crippen LogP contribution in [0.1, 0.15) is 11.1 Å². The first-order valence-electron chi connectivity index (χ1n) is 9.18. The van der Waals surface area contributed by atoms with Gasteiger partial charge in [-0.2, -0.15) is 4.98 Å². The number of benzene rings is 2.